The molecule has 4 aromatic rings. The maximum absolute atomic E-state index is 9.09. The number of benzene rings is 2. The highest BCUT2D eigenvalue weighted by molar-refractivity contribution is 5.68. The van der Waals surface area contributed by atoms with Gasteiger partial charge in [-0.05, 0) is 23.8 Å². The predicted octanol–water partition coefficient (Wildman–Crippen LogP) is 2.32. The van der Waals surface area contributed by atoms with Crippen LogP contribution in [0.2, 0.25) is 0 Å². The smallest absolute Gasteiger partial charge is 0.368 e. The molecule has 146 valence electrons. The Bertz CT molecular complexity index is 1220. The number of anilines is 1. The summed E-state index contributed by atoms with van der Waals surface area (Å²) in [5.74, 6) is 0.141. The Morgan fingerprint density at radius 1 is 0.933 bits per heavy atom. The summed E-state index contributed by atoms with van der Waals surface area (Å²) in [5.41, 5.74) is 10.2. The fraction of sp³-hybridized carbons (Fsp3) is 0.0476. The van der Waals surface area contributed by atoms with E-state index in [-0.39, 0.29) is 12.1 Å². The van der Waals surface area contributed by atoms with Crippen molar-refractivity contribution in [2.24, 2.45) is 0 Å². The maximum Gasteiger partial charge on any atom is 0.373 e. The molecule has 2 aromatic carbocycles. The van der Waals surface area contributed by atoms with E-state index < -0.39 is 0 Å². The molecule has 0 amide bonds. The van der Waals surface area contributed by atoms with Crippen molar-refractivity contribution in [3.05, 3.63) is 78.0 Å². The van der Waals surface area contributed by atoms with Crippen LogP contribution in [0.3, 0.4) is 0 Å². The maximum atomic E-state index is 9.09. The van der Waals surface area contributed by atoms with Gasteiger partial charge in [-0.1, -0.05) is 47.7 Å². The monoisotopic (exact) mass is 397 g/mol. The van der Waals surface area contributed by atoms with E-state index in [1.807, 2.05) is 48.7 Å². The average Bonchev–Trinajstić information content (AvgIpc) is 3.23. The summed E-state index contributed by atoms with van der Waals surface area (Å²) in [5, 5.41) is 17.5. The summed E-state index contributed by atoms with van der Waals surface area (Å²) in [7, 11) is 0. The third-order valence-corrected chi connectivity index (χ3v) is 4.02. The van der Waals surface area contributed by atoms with Crippen LogP contribution in [-0.2, 0) is 16.1 Å². The molecule has 2 N–H and O–H groups in total. The number of nitrogens with zero attached hydrogens (tertiary/aromatic N) is 6. The zero-order valence-electron chi connectivity index (χ0n) is 15.6. The highest BCUT2D eigenvalue weighted by atomic mass is 16.2. The van der Waals surface area contributed by atoms with Crippen molar-refractivity contribution in [2.45, 2.75) is 6.54 Å². The first-order valence-corrected chi connectivity index (χ1v) is 8.71. The van der Waals surface area contributed by atoms with Crippen molar-refractivity contribution in [3.8, 4) is 28.7 Å². The summed E-state index contributed by atoms with van der Waals surface area (Å²) >= 11 is 0. The zero-order chi connectivity index (χ0) is 21.3. The van der Waals surface area contributed by atoms with Gasteiger partial charge >= 0.3 is 6.15 Å². The third kappa shape index (κ3) is 4.98. The van der Waals surface area contributed by atoms with Crippen molar-refractivity contribution >= 4 is 12.1 Å². The van der Waals surface area contributed by atoms with Crippen LogP contribution in [0.15, 0.2) is 66.9 Å². The van der Waals surface area contributed by atoms with Gasteiger partial charge in [0.25, 0.3) is 0 Å². The average molecular weight is 397 g/mol. The summed E-state index contributed by atoms with van der Waals surface area (Å²) in [6, 6.07) is 21.1. The second-order valence-electron chi connectivity index (χ2n) is 6.06. The number of rotatable bonds is 4. The first-order valence-electron chi connectivity index (χ1n) is 8.71. The van der Waals surface area contributed by atoms with Crippen LogP contribution in [-0.4, -0.2) is 31.1 Å². The molecule has 2 heterocycles. The second-order valence-corrected chi connectivity index (χ2v) is 6.06. The predicted molar refractivity (Wildman–Crippen MR) is 106 cm³/mol. The molecule has 0 atom stereocenters. The van der Waals surface area contributed by atoms with E-state index in [2.05, 4.69) is 26.3 Å². The van der Waals surface area contributed by atoms with Crippen LogP contribution in [0.4, 0.5) is 5.95 Å². The Hall–Kier alpha value is -4.67. The first-order chi connectivity index (χ1) is 14.6. The Morgan fingerprint density at radius 3 is 2.40 bits per heavy atom. The molecule has 9 nitrogen and oxygen atoms in total. The molecule has 2 aromatic heterocycles. The molecule has 0 saturated carbocycles. The van der Waals surface area contributed by atoms with E-state index in [1.54, 1.807) is 22.9 Å². The molecule has 4 rings (SSSR count). The molecule has 0 aliphatic carbocycles. The highest BCUT2D eigenvalue weighted by Gasteiger charge is 2.11. The van der Waals surface area contributed by atoms with Gasteiger partial charge in [-0.2, -0.15) is 14.9 Å². The van der Waals surface area contributed by atoms with E-state index in [1.165, 1.54) is 0 Å². The van der Waals surface area contributed by atoms with E-state index in [0.29, 0.717) is 29.2 Å². The van der Waals surface area contributed by atoms with Crippen molar-refractivity contribution in [1.29, 1.82) is 5.26 Å². The van der Waals surface area contributed by atoms with Crippen LogP contribution in [0.25, 0.3) is 22.6 Å². The van der Waals surface area contributed by atoms with Gasteiger partial charge in [0, 0.05) is 5.56 Å². The number of nitriles is 1. The fourth-order valence-electron chi connectivity index (χ4n) is 2.76. The van der Waals surface area contributed by atoms with Crippen LogP contribution < -0.4 is 5.73 Å². The lowest BCUT2D eigenvalue weighted by molar-refractivity contribution is -0.191. The minimum atomic E-state index is 0.141. The van der Waals surface area contributed by atoms with E-state index >= 15 is 0 Å². The Kier molecular flexibility index (Phi) is 6.36. The second kappa shape index (κ2) is 9.50. The molecule has 30 heavy (non-hydrogen) atoms. The molecule has 0 saturated heterocycles. The van der Waals surface area contributed by atoms with E-state index in [0.717, 1.165) is 11.1 Å². The number of nitrogens with two attached hydrogens (primary N) is 1. The van der Waals surface area contributed by atoms with Crippen molar-refractivity contribution in [3.63, 3.8) is 0 Å². The minimum absolute atomic E-state index is 0.141. The van der Waals surface area contributed by atoms with Gasteiger partial charge < -0.3 is 5.73 Å². The lowest BCUT2D eigenvalue weighted by Crippen LogP contribution is -2.00. The summed E-state index contributed by atoms with van der Waals surface area (Å²) in [6.45, 7) is 0.617. The largest absolute Gasteiger partial charge is 0.373 e. The van der Waals surface area contributed by atoms with Gasteiger partial charge in [-0.3, -0.25) is 0 Å². The molecule has 0 aliphatic rings. The van der Waals surface area contributed by atoms with Gasteiger partial charge in [-0.15, -0.1) is 5.10 Å². The number of carbonyl (C=O) groups excluding carboxylic acids is 2. The fourth-order valence-corrected chi connectivity index (χ4v) is 2.76. The van der Waals surface area contributed by atoms with Gasteiger partial charge in [0.05, 0.1) is 35.8 Å². The van der Waals surface area contributed by atoms with Gasteiger partial charge in [0.2, 0.25) is 5.95 Å². The van der Waals surface area contributed by atoms with Crippen LogP contribution in [0.5, 0.6) is 0 Å². The lowest BCUT2D eigenvalue weighted by atomic mass is 10.1. The molecule has 9 heteroatoms. The van der Waals surface area contributed by atoms with Gasteiger partial charge in [-0.25, -0.2) is 14.6 Å². The summed E-state index contributed by atoms with van der Waals surface area (Å²) in [6.07, 6.45) is 2.07. The standard InChI is InChI=1S/C20H15N7.CO2/c21-11-15-7-4-8-16(9-15)17-10-18(24-20(22)23-17)19-13-27(26-25-19)12-14-5-2-1-3-6-14;2-1-3/h1-10,13H,12H2,(H2,22,23,24);. The molecule has 0 aliphatic heterocycles. The Morgan fingerprint density at radius 2 is 1.67 bits per heavy atom. The van der Waals surface area contributed by atoms with Gasteiger partial charge in [0.15, 0.2) is 0 Å². The Balaban J connectivity index is 0.000000806. The zero-order valence-corrected chi connectivity index (χ0v) is 15.6. The van der Waals surface area contributed by atoms with E-state index in [9.17, 15) is 0 Å². The molecular formula is C21H15N7O2. The van der Waals surface area contributed by atoms with Crippen LogP contribution in [0, 0.1) is 11.3 Å². The van der Waals surface area contributed by atoms with E-state index in [4.69, 9.17) is 20.6 Å². The van der Waals surface area contributed by atoms with Crippen molar-refractivity contribution in [1.82, 2.24) is 25.0 Å². The SMILES string of the molecule is N#Cc1cccc(-c2cc(-c3cn(Cc4ccccc4)nn3)nc(N)n2)c1.O=C=O. The summed E-state index contributed by atoms with van der Waals surface area (Å²) in [4.78, 5) is 24.8. The molecule has 0 fully saturated rings. The minimum Gasteiger partial charge on any atom is -0.368 e. The number of hydrogen-bond donors (Lipinski definition) is 1. The van der Waals surface area contributed by atoms with Crippen molar-refractivity contribution in [2.75, 3.05) is 5.73 Å². The first kappa shape index (κ1) is 20.1. The normalized spacial score (nSPS) is 9.70. The lowest BCUT2D eigenvalue weighted by Gasteiger charge is -2.05. The summed E-state index contributed by atoms with van der Waals surface area (Å²) < 4.78 is 1.75. The van der Waals surface area contributed by atoms with Crippen molar-refractivity contribution < 1.29 is 9.59 Å². The highest BCUT2D eigenvalue weighted by Crippen LogP contribution is 2.24. The molecule has 0 bridgehead atoms. The third-order valence-electron chi connectivity index (χ3n) is 4.02. The molecule has 0 spiro atoms. The quantitative estimate of drug-likeness (QED) is 0.553. The van der Waals surface area contributed by atoms with Crippen LogP contribution in [0.1, 0.15) is 11.1 Å². The number of aromatic nitrogens is 5. The molecule has 0 radical (unpaired) electrons. The van der Waals surface area contributed by atoms with Gasteiger partial charge in [0.1, 0.15) is 5.69 Å². The molecular weight excluding hydrogens is 382 g/mol. The number of hydrogen-bond acceptors (Lipinski definition) is 8. The topological polar surface area (TPSA) is 140 Å². The van der Waals surface area contributed by atoms with Crippen LogP contribution >= 0.6 is 0 Å². The number of nitrogen functional groups attached to an aromatic ring is 1. The Labute approximate surface area is 171 Å². The molecule has 0 unspecified atom stereocenters.